The highest BCUT2D eigenvalue weighted by Crippen LogP contribution is 2.28. The van der Waals surface area contributed by atoms with Crippen LogP contribution in [0.25, 0.3) is 0 Å². The maximum atomic E-state index is 5.41. The minimum atomic E-state index is 0.0868. The summed E-state index contributed by atoms with van der Waals surface area (Å²) in [5.41, 5.74) is 4.63. The van der Waals surface area contributed by atoms with Gasteiger partial charge in [-0.05, 0) is 89.9 Å². The van der Waals surface area contributed by atoms with E-state index < -0.39 is 0 Å². The summed E-state index contributed by atoms with van der Waals surface area (Å²) in [6, 6.07) is 12.3. The van der Waals surface area contributed by atoms with Crippen molar-refractivity contribution in [3.63, 3.8) is 0 Å². The van der Waals surface area contributed by atoms with Gasteiger partial charge in [0, 0.05) is 5.69 Å². The fraction of sp³-hybridized carbons (Fsp3) is 0.278. The fourth-order valence-corrected chi connectivity index (χ4v) is 3.07. The summed E-state index contributed by atoms with van der Waals surface area (Å²) in [6.45, 7) is 6.26. The van der Waals surface area contributed by atoms with Gasteiger partial charge in [0.15, 0.2) is 5.11 Å². The number of benzene rings is 2. The molecule has 0 amide bonds. The second-order valence-corrected chi connectivity index (χ2v) is 6.78. The number of rotatable bonds is 4. The molecule has 0 aliphatic carbocycles. The van der Waals surface area contributed by atoms with E-state index in [9.17, 15) is 0 Å². The average molecular weight is 393 g/mol. The molecular formula is C18H21BrN2OS. The smallest absolute Gasteiger partial charge is 0.171 e. The Labute approximate surface area is 151 Å². The molecule has 0 bridgehead atoms. The van der Waals surface area contributed by atoms with Crippen molar-refractivity contribution in [1.82, 2.24) is 5.32 Å². The van der Waals surface area contributed by atoms with Gasteiger partial charge >= 0.3 is 0 Å². The Morgan fingerprint density at radius 2 is 1.87 bits per heavy atom. The van der Waals surface area contributed by atoms with E-state index >= 15 is 0 Å². The first-order chi connectivity index (χ1) is 10.9. The third-order valence-corrected chi connectivity index (χ3v) is 4.63. The van der Waals surface area contributed by atoms with Crippen LogP contribution < -0.4 is 15.4 Å². The number of anilines is 1. The number of aryl methyl sites for hydroxylation is 2. The average Bonchev–Trinajstić information content (AvgIpc) is 2.50. The van der Waals surface area contributed by atoms with Crippen molar-refractivity contribution in [3.05, 3.63) is 57.6 Å². The van der Waals surface area contributed by atoms with Crippen LogP contribution in [-0.4, -0.2) is 12.2 Å². The number of nitrogens with one attached hydrogen (secondary N) is 2. The maximum Gasteiger partial charge on any atom is 0.171 e. The van der Waals surface area contributed by atoms with E-state index in [1.54, 1.807) is 7.11 Å². The van der Waals surface area contributed by atoms with Crippen molar-refractivity contribution in [1.29, 1.82) is 0 Å². The Kier molecular flexibility index (Phi) is 6.02. The molecule has 0 unspecified atom stereocenters. The number of halogens is 1. The molecule has 0 radical (unpaired) electrons. The zero-order chi connectivity index (χ0) is 17.0. The molecule has 0 aliphatic heterocycles. The molecule has 0 fully saturated rings. The van der Waals surface area contributed by atoms with Crippen molar-refractivity contribution in [2.24, 2.45) is 0 Å². The molecule has 0 aromatic heterocycles. The number of hydrogen-bond donors (Lipinski definition) is 2. The molecular weight excluding hydrogens is 372 g/mol. The van der Waals surface area contributed by atoms with E-state index in [4.69, 9.17) is 17.0 Å². The first kappa shape index (κ1) is 17.8. The molecule has 0 spiro atoms. The standard InChI is InChI=1S/C18H21BrN2OS/c1-11-5-7-15(9-12(11)2)21-18(23)20-13(3)14-6-8-17(22-4)16(19)10-14/h5-10,13H,1-4H3,(H2,20,21,23)/t13-/m1/s1. The molecule has 1 atom stereocenters. The quantitative estimate of drug-likeness (QED) is 0.707. The molecule has 122 valence electrons. The second kappa shape index (κ2) is 7.79. The zero-order valence-corrected chi connectivity index (χ0v) is 16.1. The van der Waals surface area contributed by atoms with E-state index in [1.165, 1.54) is 11.1 Å². The number of methoxy groups -OCH3 is 1. The summed E-state index contributed by atoms with van der Waals surface area (Å²) in [5.74, 6) is 0.816. The van der Waals surface area contributed by atoms with Crippen LogP contribution in [0, 0.1) is 13.8 Å². The molecule has 3 nitrogen and oxygen atoms in total. The van der Waals surface area contributed by atoms with E-state index in [0.29, 0.717) is 5.11 Å². The topological polar surface area (TPSA) is 33.3 Å². The van der Waals surface area contributed by atoms with E-state index in [1.807, 2.05) is 24.3 Å². The van der Waals surface area contributed by atoms with Crippen molar-refractivity contribution in [3.8, 4) is 5.75 Å². The van der Waals surface area contributed by atoms with E-state index in [-0.39, 0.29) is 6.04 Å². The first-order valence-electron chi connectivity index (χ1n) is 7.39. The van der Waals surface area contributed by atoms with Crippen molar-refractivity contribution in [2.45, 2.75) is 26.8 Å². The SMILES string of the molecule is COc1ccc([C@@H](C)NC(=S)Nc2ccc(C)c(C)c2)cc1Br. The molecule has 0 aliphatic rings. The van der Waals surface area contributed by atoms with E-state index in [0.717, 1.165) is 21.5 Å². The lowest BCUT2D eigenvalue weighted by atomic mass is 10.1. The van der Waals surface area contributed by atoms with Crippen LogP contribution in [0.3, 0.4) is 0 Å². The molecule has 5 heteroatoms. The van der Waals surface area contributed by atoms with Crippen LogP contribution in [0.5, 0.6) is 5.75 Å². The molecule has 2 aromatic rings. The summed E-state index contributed by atoms with van der Waals surface area (Å²) in [6.07, 6.45) is 0. The zero-order valence-electron chi connectivity index (χ0n) is 13.7. The summed E-state index contributed by atoms with van der Waals surface area (Å²) < 4.78 is 6.19. The maximum absolute atomic E-state index is 5.41. The van der Waals surface area contributed by atoms with Crippen LogP contribution in [0.4, 0.5) is 5.69 Å². The van der Waals surface area contributed by atoms with E-state index in [2.05, 4.69) is 59.5 Å². The molecule has 2 aromatic carbocycles. The van der Waals surface area contributed by atoms with Gasteiger partial charge in [-0.25, -0.2) is 0 Å². The first-order valence-corrected chi connectivity index (χ1v) is 8.59. The van der Waals surface area contributed by atoms with Gasteiger partial charge in [-0.15, -0.1) is 0 Å². The lowest BCUT2D eigenvalue weighted by Crippen LogP contribution is -2.30. The summed E-state index contributed by atoms with van der Waals surface area (Å²) in [4.78, 5) is 0. The summed E-state index contributed by atoms with van der Waals surface area (Å²) in [5, 5.41) is 7.14. The summed E-state index contributed by atoms with van der Waals surface area (Å²) in [7, 11) is 1.66. The molecule has 2 rings (SSSR count). The number of ether oxygens (including phenoxy) is 1. The van der Waals surface area contributed by atoms with Crippen LogP contribution in [0.15, 0.2) is 40.9 Å². The van der Waals surface area contributed by atoms with Crippen LogP contribution in [0.2, 0.25) is 0 Å². The minimum Gasteiger partial charge on any atom is -0.496 e. The largest absolute Gasteiger partial charge is 0.496 e. The molecule has 0 saturated carbocycles. The van der Waals surface area contributed by atoms with Gasteiger partial charge in [0.05, 0.1) is 17.6 Å². The van der Waals surface area contributed by atoms with Gasteiger partial charge in [-0.3, -0.25) is 0 Å². The Morgan fingerprint density at radius 1 is 1.13 bits per heavy atom. The summed E-state index contributed by atoms with van der Waals surface area (Å²) >= 11 is 8.92. The Morgan fingerprint density at radius 3 is 2.48 bits per heavy atom. The van der Waals surface area contributed by atoms with Gasteiger partial charge in [-0.1, -0.05) is 12.1 Å². The Balaban J connectivity index is 2.01. The van der Waals surface area contributed by atoms with Crippen LogP contribution >= 0.6 is 28.1 Å². The predicted octanol–water partition coefficient (Wildman–Crippen LogP) is 5.12. The van der Waals surface area contributed by atoms with Crippen molar-refractivity contribution < 1.29 is 4.74 Å². The van der Waals surface area contributed by atoms with Crippen LogP contribution in [-0.2, 0) is 0 Å². The van der Waals surface area contributed by atoms with Gasteiger partial charge in [-0.2, -0.15) is 0 Å². The lowest BCUT2D eigenvalue weighted by molar-refractivity contribution is 0.412. The number of hydrogen-bond acceptors (Lipinski definition) is 2. The normalized spacial score (nSPS) is 11.7. The highest BCUT2D eigenvalue weighted by molar-refractivity contribution is 9.10. The lowest BCUT2D eigenvalue weighted by Gasteiger charge is -2.18. The van der Waals surface area contributed by atoms with Gasteiger partial charge in [0.1, 0.15) is 5.75 Å². The monoisotopic (exact) mass is 392 g/mol. The van der Waals surface area contributed by atoms with Crippen LogP contribution in [0.1, 0.15) is 29.7 Å². The minimum absolute atomic E-state index is 0.0868. The van der Waals surface area contributed by atoms with Crippen molar-refractivity contribution >= 4 is 38.9 Å². The third-order valence-electron chi connectivity index (χ3n) is 3.79. The fourth-order valence-electron chi connectivity index (χ4n) is 2.22. The Hall–Kier alpha value is -1.59. The molecule has 0 heterocycles. The second-order valence-electron chi connectivity index (χ2n) is 5.51. The van der Waals surface area contributed by atoms with Gasteiger partial charge in [0.25, 0.3) is 0 Å². The highest BCUT2D eigenvalue weighted by atomic mass is 79.9. The molecule has 2 N–H and O–H groups in total. The van der Waals surface area contributed by atoms with Gasteiger partial charge in [0.2, 0.25) is 0 Å². The number of thiocarbonyl (C=S) groups is 1. The van der Waals surface area contributed by atoms with Gasteiger partial charge < -0.3 is 15.4 Å². The molecule has 0 saturated heterocycles. The molecule has 23 heavy (non-hydrogen) atoms. The highest BCUT2D eigenvalue weighted by Gasteiger charge is 2.10. The van der Waals surface area contributed by atoms with Crippen molar-refractivity contribution in [2.75, 3.05) is 12.4 Å². The predicted molar refractivity (Wildman–Crippen MR) is 104 cm³/mol. The Bertz CT molecular complexity index is 718. The third kappa shape index (κ3) is 4.69.